The van der Waals surface area contributed by atoms with Crippen molar-refractivity contribution in [3.63, 3.8) is 0 Å². The zero-order valence-corrected chi connectivity index (χ0v) is 12.2. The number of rotatable bonds is 4. The number of hydrogen-bond donors (Lipinski definition) is 6. The van der Waals surface area contributed by atoms with Crippen LogP contribution in [0.1, 0.15) is 13.3 Å². The molecule has 2 aliphatic rings. The lowest BCUT2D eigenvalue weighted by molar-refractivity contribution is -0.328. The van der Waals surface area contributed by atoms with Gasteiger partial charge in [0.15, 0.2) is 6.29 Å². The smallest absolute Gasteiger partial charge is 0.187 e. The first-order chi connectivity index (χ1) is 10.4. The number of hydrogen-bond acceptors (Lipinski definition) is 9. The van der Waals surface area contributed by atoms with Crippen LogP contribution in [0.3, 0.4) is 0 Å². The fourth-order valence-corrected chi connectivity index (χ4v) is 2.69. The summed E-state index contributed by atoms with van der Waals surface area (Å²) in [6.45, 7) is 0.756. The molecule has 0 radical (unpaired) electrons. The van der Waals surface area contributed by atoms with E-state index in [0.717, 1.165) is 0 Å². The predicted octanol–water partition coefficient (Wildman–Crippen LogP) is -3.30. The van der Waals surface area contributed by atoms with Gasteiger partial charge in [-0.1, -0.05) is 0 Å². The van der Waals surface area contributed by atoms with Crippen LogP contribution in [0.2, 0.25) is 0 Å². The fraction of sp³-hybridized carbons (Fsp3) is 1.00. The molecular weight excluding hydrogens is 300 g/mol. The van der Waals surface area contributed by atoms with Gasteiger partial charge in [0.25, 0.3) is 0 Å². The minimum absolute atomic E-state index is 0.154. The van der Waals surface area contributed by atoms with E-state index in [0.29, 0.717) is 0 Å². The third-order valence-corrected chi connectivity index (χ3v) is 4.16. The Kier molecular flexibility index (Phi) is 6.11. The van der Waals surface area contributed by atoms with Crippen molar-refractivity contribution in [3.8, 4) is 0 Å². The Morgan fingerprint density at radius 3 is 2.14 bits per heavy atom. The van der Waals surface area contributed by atoms with Gasteiger partial charge in [-0.05, 0) is 6.92 Å². The van der Waals surface area contributed by atoms with Gasteiger partial charge in [0.2, 0.25) is 0 Å². The topological polar surface area (TPSA) is 149 Å². The molecule has 0 aromatic rings. The van der Waals surface area contributed by atoms with Gasteiger partial charge in [-0.2, -0.15) is 0 Å². The van der Waals surface area contributed by atoms with Crippen molar-refractivity contribution in [2.24, 2.45) is 0 Å². The molecule has 0 saturated carbocycles. The quantitative estimate of drug-likeness (QED) is 0.313. The van der Waals surface area contributed by atoms with E-state index < -0.39 is 61.7 Å². The Labute approximate surface area is 127 Å². The van der Waals surface area contributed by atoms with Gasteiger partial charge in [0.05, 0.1) is 31.5 Å². The molecule has 0 aliphatic carbocycles. The second kappa shape index (κ2) is 7.47. The van der Waals surface area contributed by atoms with E-state index >= 15 is 0 Å². The first kappa shape index (κ1) is 18.0. The van der Waals surface area contributed by atoms with E-state index in [9.17, 15) is 25.5 Å². The molecule has 2 heterocycles. The molecule has 9 nitrogen and oxygen atoms in total. The van der Waals surface area contributed by atoms with Crippen molar-refractivity contribution in [2.45, 2.75) is 68.5 Å². The lowest BCUT2D eigenvalue weighted by Crippen LogP contribution is -2.61. The summed E-state index contributed by atoms with van der Waals surface area (Å²) < 4.78 is 16.2. The molecule has 6 N–H and O–H groups in total. The van der Waals surface area contributed by atoms with Crippen molar-refractivity contribution in [2.75, 3.05) is 13.2 Å². The monoisotopic (exact) mass is 324 g/mol. The van der Waals surface area contributed by atoms with E-state index in [-0.39, 0.29) is 13.0 Å². The minimum Gasteiger partial charge on any atom is -0.394 e. The van der Waals surface area contributed by atoms with E-state index in [4.69, 9.17) is 19.3 Å². The lowest BCUT2D eigenvalue weighted by Gasteiger charge is -2.43. The number of ether oxygens (including phenoxy) is 3. The van der Waals surface area contributed by atoms with Crippen molar-refractivity contribution in [3.05, 3.63) is 0 Å². The maximum Gasteiger partial charge on any atom is 0.187 e. The normalized spacial score (nSPS) is 50.0. The molecule has 22 heavy (non-hydrogen) atoms. The molecule has 0 spiro atoms. The Morgan fingerprint density at radius 2 is 1.55 bits per heavy atom. The molecule has 0 amide bonds. The summed E-state index contributed by atoms with van der Waals surface area (Å²) in [5.41, 5.74) is 0. The van der Waals surface area contributed by atoms with E-state index in [1.165, 1.54) is 0 Å². The molecule has 0 aromatic heterocycles. The highest BCUT2D eigenvalue weighted by molar-refractivity contribution is 4.91. The Bertz CT molecular complexity index is 352. The highest BCUT2D eigenvalue weighted by atomic mass is 16.7. The second-order valence-electron chi connectivity index (χ2n) is 5.74. The van der Waals surface area contributed by atoms with Crippen LogP contribution in [0, 0.1) is 0 Å². The second-order valence-corrected chi connectivity index (χ2v) is 5.74. The maximum absolute atomic E-state index is 9.92. The van der Waals surface area contributed by atoms with E-state index in [1.807, 2.05) is 0 Å². The molecule has 2 saturated heterocycles. The van der Waals surface area contributed by atoms with Gasteiger partial charge in [-0.15, -0.1) is 0 Å². The third kappa shape index (κ3) is 3.58. The average Bonchev–Trinajstić information content (AvgIpc) is 2.51. The zero-order valence-electron chi connectivity index (χ0n) is 12.2. The van der Waals surface area contributed by atoms with E-state index in [1.54, 1.807) is 6.92 Å². The molecule has 0 aromatic carbocycles. The van der Waals surface area contributed by atoms with Gasteiger partial charge < -0.3 is 44.8 Å². The molecule has 9 atom stereocenters. The van der Waals surface area contributed by atoms with Crippen molar-refractivity contribution in [1.82, 2.24) is 0 Å². The van der Waals surface area contributed by atoms with Gasteiger partial charge in [0.1, 0.15) is 30.5 Å². The Balaban J connectivity index is 2.04. The minimum atomic E-state index is -1.54. The molecular formula is C13H24O9. The van der Waals surface area contributed by atoms with Crippen LogP contribution in [0.25, 0.3) is 0 Å². The van der Waals surface area contributed by atoms with Crippen LogP contribution in [-0.4, -0.2) is 99.0 Å². The summed E-state index contributed by atoms with van der Waals surface area (Å²) in [5, 5.41) is 57.6. The standard InChI is InChI=1S/C13H24O9/c1-5-6(16)2-7(8(3-14)20-5)21-13-12(19)11(18)10(17)9(4-15)22-13/h5-19H,2-4H2,1H3. The van der Waals surface area contributed by atoms with Crippen LogP contribution in [0.4, 0.5) is 0 Å². The summed E-state index contributed by atoms with van der Waals surface area (Å²) in [7, 11) is 0. The number of aliphatic hydroxyl groups is 6. The SMILES string of the molecule is CC1OC(CO)C(OC2OC(CO)C(O)C(O)C2O)CC1O. The zero-order chi connectivity index (χ0) is 16.4. The predicted molar refractivity (Wildman–Crippen MR) is 70.7 cm³/mol. The number of aliphatic hydroxyl groups excluding tert-OH is 6. The molecule has 0 bridgehead atoms. The highest BCUT2D eigenvalue weighted by Crippen LogP contribution is 2.28. The van der Waals surface area contributed by atoms with Crippen molar-refractivity contribution < 1.29 is 44.8 Å². The van der Waals surface area contributed by atoms with Gasteiger partial charge >= 0.3 is 0 Å². The van der Waals surface area contributed by atoms with Crippen LogP contribution < -0.4 is 0 Å². The molecule has 2 fully saturated rings. The Morgan fingerprint density at radius 1 is 0.909 bits per heavy atom. The molecule has 2 aliphatic heterocycles. The van der Waals surface area contributed by atoms with E-state index in [2.05, 4.69) is 0 Å². The maximum atomic E-state index is 9.92. The van der Waals surface area contributed by atoms with Crippen LogP contribution in [0.5, 0.6) is 0 Å². The summed E-state index contributed by atoms with van der Waals surface area (Å²) in [6.07, 6.45) is -9.55. The Hall–Kier alpha value is -0.360. The van der Waals surface area contributed by atoms with Gasteiger partial charge in [-0.3, -0.25) is 0 Å². The van der Waals surface area contributed by atoms with Gasteiger partial charge in [0, 0.05) is 6.42 Å². The summed E-state index contributed by atoms with van der Waals surface area (Å²) >= 11 is 0. The molecule has 9 heteroatoms. The lowest BCUT2D eigenvalue weighted by atomic mass is 9.97. The first-order valence-electron chi connectivity index (χ1n) is 7.29. The summed E-state index contributed by atoms with van der Waals surface area (Å²) in [4.78, 5) is 0. The molecule has 9 unspecified atom stereocenters. The average molecular weight is 324 g/mol. The van der Waals surface area contributed by atoms with Gasteiger partial charge in [-0.25, -0.2) is 0 Å². The van der Waals surface area contributed by atoms with Crippen molar-refractivity contribution >= 4 is 0 Å². The fourth-order valence-electron chi connectivity index (χ4n) is 2.69. The van der Waals surface area contributed by atoms with Crippen LogP contribution in [0.15, 0.2) is 0 Å². The van der Waals surface area contributed by atoms with Crippen LogP contribution >= 0.6 is 0 Å². The molecule has 2 rings (SSSR count). The first-order valence-corrected chi connectivity index (χ1v) is 7.29. The highest BCUT2D eigenvalue weighted by Gasteiger charge is 2.46. The summed E-state index contributed by atoms with van der Waals surface area (Å²) in [5.74, 6) is 0. The van der Waals surface area contributed by atoms with Crippen LogP contribution in [-0.2, 0) is 14.2 Å². The summed E-state index contributed by atoms with van der Waals surface area (Å²) in [6, 6.07) is 0. The largest absolute Gasteiger partial charge is 0.394 e. The van der Waals surface area contributed by atoms with Crippen molar-refractivity contribution in [1.29, 1.82) is 0 Å². The molecule has 130 valence electrons. The third-order valence-electron chi connectivity index (χ3n) is 4.16.